The second-order valence-corrected chi connectivity index (χ2v) is 7.05. The molecule has 0 fully saturated rings. The summed E-state index contributed by atoms with van der Waals surface area (Å²) in [7, 11) is 1.91. The zero-order valence-corrected chi connectivity index (χ0v) is 16.9. The number of aryl methyl sites for hydroxylation is 2. The lowest BCUT2D eigenvalue weighted by Crippen LogP contribution is -2.07. The van der Waals surface area contributed by atoms with Crippen LogP contribution < -0.4 is 5.73 Å². The summed E-state index contributed by atoms with van der Waals surface area (Å²) in [5, 5.41) is 9.66. The van der Waals surface area contributed by atoms with Gasteiger partial charge in [-0.3, -0.25) is 4.68 Å². The standard InChI is InChI=1S/C20H20ClN7/c1-11-17(26-27(4)18(11)14-8-6-5-7-9-14)20-23-10-15(19(22)24-20)28-13(3)16(21)12(2)25-28/h5-10H,1-4H3,(H2,22,23,24). The summed E-state index contributed by atoms with van der Waals surface area (Å²) in [5.41, 5.74) is 12.2. The maximum atomic E-state index is 6.25. The van der Waals surface area contributed by atoms with Gasteiger partial charge in [-0.2, -0.15) is 10.2 Å². The minimum absolute atomic E-state index is 0.318. The van der Waals surface area contributed by atoms with E-state index >= 15 is 0 Å². The quantitative estimate of drug-likeness (QED) is 0.570. The van der Waals surface area contributed by atoms with Crippen LogP contribution in [0.5, 0.6) is 0 Å². The fraction of sp³-hybridized carbons (Fsp3) is 0.200. The molecule has 3 heterocycles. The molecule has 0 saturated carbocycles. The number of anilines is 1. The molecule has 0 aliphatic carbocycles. The van der Waals surface area contributed by atoms with Crippen molar-refractivity contribution < 1.29 is 0 Å². The Hall–Kier alpha value is -3.19. The summed E-state index contributed by atoms with van der Waals surface area (Å²) >= 11 is 6.25. The minimum atomic E-state index is 0.318. The molecule has 0 atom stereocenters. The van der Waals surface area contributed by atoms with E-state index in [0.717, 1.165) is 28.2 Å². The van der Waals surface area contributed by atoms with Crippen molar-refractivity contribution in [2.45, 2.75) is 20.8 Å². The molecule has 142 valence electrons. The Bertz CT molecular complexity index is 1180. The highest BCUT2D eigenvalue weighted by Gasteiger charge is 2.20. The lowest BCUT2D eigenvalue weighted by atomic mass is 10.1. The predicted octanol–water partition coefficient (Wildman–Crippen LogP) is 3.89. The average molecular weight is 394 g/mol. The number of hydrogen-bond acceptors (Lipinski definition) is 5. The van der Waals surface area contributed by atoms with Gasteiger partial charge < -0.3 is 5.73 Å². The first kappa shape index (κ1) is 18.2. The molecular weight excluding hydrogens is 374 g/mol. The molecule has 1 aromatic carbocycles. The molecule has 8 heteroatoms. The molecule has 0 spiro atoms. The molecule has 0 radical (unpaired) electrons. The third-order valence-electron chi connectivity index (χ3n) is 4.77. The molecular formula is C20H20ClN7. The van der Waals surface area contributed by atoms with E-state index in [1.807, 2.05) is 50.7 Å². The maximum absolute atomic E-state index is 6.25. The lowest BCUT2D eigenvalue weighted by molar-refractivity contribution is 0.775. The molecule has 0 aliphatic rings. The summed E-state index contributed by atoms with van der Waals surface area (Å²) in [6.45, 7) is 5.74. The fourth-order valence-electron chi connectivity index (χ4n) is 3.37. The largest absolute Gasteiger partial charge is 0.382 e. The van der Waals surface area contributed by atoms with Gasteiger partial charge in [-0.25, -0.2) is 14.6 Å². The van der Waals surface area contributed by atoms with E-state index in [1.54, 1.807) is 10.9 Å². The third kappa shape index (κ3) is 2.84. The van der Waals surface area contributed by atoms with Gasteiger partial charge in [0.05, 0.1) is 28.3 Å². The molecule has 0 bridgehead atoms. The van der Waals surface area contributed by atoms with Crippen molar-refractivity contribution in [1.82, 2.24) is 29.5 Å². The molecule has 4 aromatic rings. The van der Waals surface area contributed by atoms with Crippen LogP contribution in [-0.4, -0.2) is 29.5 Å². The van der Waals surface area contributed by atoms with E-state index in [9.17, 15) is 0 Å². The van der Waals surface area contributed by atoms with Crippen LogP contribution >= 0.6 is 11.6 Å². The van der Waals surface area contributed by atoms with E-state index in [-0.39, 0.29) is 0 Å². The van der Waals surface area contributed by atoms with Crippen LogP contribution in [0.25, 0.3) is 28.5 Å². The molecule has 2 N–H and O–H groups in total. The number of rotatable bonds is 3. The van der Waals surface area contributed by atoms with Gasteiger partial charge in [-0.1, -0.05) is 41.9 Å². The van der Waals surface area contributed by atoms with Crippen LogP contribution in [0.4, 0.5) is 5.82 Å². The summed E-state index contributed by atoms with van der Waals surface area (Å²) in [6.07, 6.45) is 1.66. The summed E-state index contributed by atoms with van der Waals surface area (Å²) in [6, 6.07) is 10.1. The predicted molar refractivity (Wildman–Crippen MR) is 110 cm³/mol. The number of halogens is 1. The van der Waals surface area contributed by atoms with E-state index in [0.29, 0.717) is 28.0 Å². The molecule has 7 nitrogen and oxygen atoms in total. The van der Waals surface area contributed by atoms with Crippen LogP contribution in [0.1, 0.15) is 17.0 Å². The number of benzene rings is 1. The second-order valence-electron chi connectivity index (χ2n) is 6.67. The number of aromatic nitrogens is 6. The fourth-order valence-corrected chi connectivity index (χ4v) is 3.48. The highest BCUT2D eigenvalue weighted by Crippen LogP contribution is 2.31. The zero-order chi connectivity index (χ0) is 20.0. The van der Waals surface area contributed by atoms with Crippen LogP contribution in [0.2, 0.25) is 5.02 Å². The summed E-state index contributed by atoms with van der Waals surface area (Å²) < 4.78 is 3.51. The summed E-state index contributed by atoms with van der Waals surface area (Å²) in [4.78, 5) is 9.00. The van der Waals surface area contributed by atoms with Crippen molar-refractivity contribution in [3.63, 3.8) is 0 Å². The first-order valence-corrected chi connectivity index (χ1v) is 9.20. The van der Waals surface area contributed by atoms with E-state index in [1.165, 1.54) is 0 Å². The zero-order valence-electron chi connectivity index (χ0n) is 16.1. The molecule has 28 heavy (non-hydrogen) atoms. The highest BCUT2D eigenvalue weighted by molar-refractivity contribution is 6.31. The monoisotopic (exact) mass is 393 g/mol. The van der Waals surface area contributed by atoms with E-state index in [2.05, 4.69) is 32.3 Å². The SMILES string of the molecule is Cc1nn(-c2cnc(-c3nn(C)c(-c4ccccc4)c3C)nc2N)c(C)c1Cl. The first-order chi connectivity index (χ1) is 13.4. The van der Waals surface area contributed by atoms with Crippen LogP contribution in [0.3, 0.4) is 0 Å². The minimum Gasteiger partial charge on any atom is -0.382 e. The van der Waals surface area contributed by atoms with Gasteiger partial charge in [-0.15, -0.1) is 0 Å². The topological polar surface area (TPSA) is 87.4 Å². The van der Waals surface area contributed by atoms with Crippen LogP contribution in [0, 0.1) is 20.8 Å². The van der Waals surface area contributed by atoms with Crippen molar-refractivity contribution in [3.05, 3.63) is 58.5 Å². The number of nitrogens with zero attached hydrogens (tertiary/aromatic N) is 6. The second kappa shape index (κ2) is 6.76. The third-order valence-corrected chi connectivity index (χ3v) is 5.32. The summed E-state index contributed by atoms with van der Waals surface area (Å²) in [5.74, 6) is 0.794. The van der Waals surface area contributed by atoms with Gasteiger partial charge in [0.2, 0.25) is 0 Å². The van der Waals surface area contributed by atoms with Crippen molar-refractivity contribution in [1.29, 1.82) is 0 Å². The van der Waals surface area contributed by atoms with E-state index < -0.39 is 0 Å². The number of nitrogens with two attached hydrogens (primary N) is 1. The van der Waals surface area contributed by atoms with Crippen molar-refractivity contribution >= 4 is 17.4 Å². The maximum Gasteiger partial charge on any atom is 0.182 e. The molecule has 3 aromatic heterocycles. The van der Waals surface area contributed by atoms with Gasteiger partial charge >= 0.3 is 0 Å². The van der Waals surface area contributed by atoms with E-state index in [4.69, 9.17) is 17.3 Å². The highest BCUT2D eigenvalue weighted by atomic mass is 35.5. The Morgan fingerprint density at radius 1 is 1.04 bits per heavy atom. The number of nitrogen functional groups attached to an aromatic ring is 1. The molecule has 0 amide bonds. The van der Waals surface area contributed by atoms with Gasteiger partial charge in [0.25, 0.3) is 0 Å². The van der Waals surface area contributed by atoms with Crippen molar-refractivity contribution in [3.8, 4) is 28.5 Å². The van der Waals surface area contributed by atoms with Crippen molar-refractivity contribution in [2.24, 2.45) is 7.05 Å². The number of hydrogen-bond donors (Lipinski definition) is 1. The Morgan fingerprint density at radius 2 is 1.75 bits per heavy atom. The Morgan fingerprint density at radius 3 is 2.36 bits per heavy atom. The molecule has 0 saturated heterocycles. The Balaban J connectivity index is 1.80. The lowest BCUT2D eigenvalue weighted by Gasteiger charge is -2.08. The smallest absolute Gasteiger partial charge is 0.182 e. The van der Waals surface area contributed by atoms with Crippen LogP contribution in [-0.2, 0) is 7.05 Å². The average Bonchev–Trinajstić information content (AvgIpc) is 3.12. The Kier molecular flexibility index (Phi) is 4.39. The first-order valence-electron chi connectivity index (χ1n) is 8.82. The van der Waals surface area contributed by atoms with Gasteiger partial charge in [0, 0.05) is 18.2 Å². The van der Waals surface area contributed by atoms with Crippen LogP contribution in [0.15, 0.2) is 36.5 Å². The Labute approximate surface area is 167 Å². The van der Waals surface area contributed by atoms with Gasteiger partial charge in [0.1, 0.15) is 11.4 Å². The van der Waals surface area contributed by atoms with Gasteiger partial charge in [0.15, 0.2) is 11.6 Å². The normalized spacial score (nSPS) is 11.2. The molecule has 0 unspecified atom stereocenters. The molecule has 0 aliphatic heterocycles. The van der Waals surface area contributed by atoms with Gasteiger partial charge in [-0.05, 0) is 20.8 Å². The van der Waals surface area contributed by atoms with Crippen molar-refractivity contribution in [2.75, 3.05) is 5.73 Å². The molecule has 4 rings (SSSR count).